The topological polar surface area (TPSA) is 69.9 Å². The average molecular weight is 432 g/mol. The number of Topliss-reactive ketones (excluding diaryl/α,β-unsaturated/α-hetero) is 1. The van der Waals surface area contributed by atoms with Crippen LogP contribution in [0, 0.1) is 6.92 Å². The number of aliphatic hydroxyl groups excluding tert-OH is 1. The van der Waals surface area contributed by atoms with Crippen LogP contribution >= 0.6 is 0 Å². The minimum atomic E-state index is -0.0204. The van der Waals surface area contributed by atoms with Crippen LogP contribution in [-0.4, -0.2) is 21.8 Å². The smallest absolute Gasteiger partial charge is 0.166 e. The average Bonchev–Trinajstić information content (AvgIpc) is 2.74. The van der Waals surface area contributed by atoms with Crippen molar-refractivity contribution >= 4 is 17.1 Å². The summed E-state index contributed by atoms with van der Waals surface area (Å²) in [6.07, 6.45) is 3.95. The number of carbonyl (C=O) groups is 1. The van der Waals surface area contributed by atoms with Gasteiger partial charge in [0.25, 0.3) is 0 Å². The van der Waals surface area contributed by atoms with Gasteiger partial charge in [-0.2, -0.15) is 0 Å². The highest BCUT2D eigenvalue weighted by Gasteiger charge is 2.37. The number of carbonyl (C=O) groups excluding carboxylic acids is 1. The lowest BCUT2D eigenvalue weighted by Crippen LogP contribution is -2.34. The van der Waals surface area contributed by atoms with E-state index in [1.165, 1.54) is 11.1 Å². The van der Waals surface area contributed by atoms with Gasteiger partial charge >= 0.3 is 0 Å². The van der Waals surface area contributed by atoms with Gasteiger partial charge in [-0.15, -0.1) is 0 Å². The molecule has 32 heavy (non-hydrogen) atoms. The molecule has 4 rings (SSSR count). The number of rotatable bonds is 3. The van der Waals surface area contributed by atoms with Crippen molar-refractivity contribution in [2.75, 3.05) is 0 Å². The number of aliphatic hydroxyl groups is 1. The number of ketones is 1. The summed E-state index contributed by atoms with van der Waals surface area (Å²) in [7, 11) is 0. The van der Waals surface area contributed by atoms with E-state index in [1.807, 2.05) is 24.3 Å². The molecule has 0 saturated heterocycles. The molecule has 4 heteroatoms. The number of hydrogen-bond donors (Lipinski definition) is 2. The summed E-state index contributed by atoms with van der Waals surface area (Å²) in [5.41, 5.74) is 7.28. The van der Waals surface area contributed by atoms with E-state index in [-0.39, 0.29) is 22.4 Å². The van der Waals surface area contributed by atoms with Crippen molar-refractivity contribution in [3.8, 4) is 0 Å². The molecule has 2 aliphatic carbocycles. The van der Waals surface area contributed by atoms with Crippen LogP contribution in [0.5, 0.6) is 0 Å². The number of nitrogens with zero attached hydrogens (tertiary/aromatic N) is 1. The highest BCUT2D eigenvalue weighted by molar-refractivity contribution is 6.22. The van der Waals surface area contributed by atoms with E-state index < -0.39 is 0 Å². The van der Waals surface area contributed by atoms with Gasteiger partial charge in [-0.05, 0) is 65.3 Å². The zero-order valence-corrected chi connectivity index (χ0v) is 19.7. The first-order valence-electron chi connectivity index (χ1n) is 11.5. The Hall–Kier alpha value is -2.88. The fourth-order valence-electron chi connectivity index (χ4n) is 5.19. The van der Waals surface area contributed by atoms with Crippen molar-refractivity contribution < 1.29 is 15.1 Å². The maximum atomic E-state index is 12.3. The first-order valence-corrected chi connectivity index (χ1v) is 11.5. The molecule has 0 radical (unpaired) electrons. The molecule has 2 aromatic rings. The van der Waals surface area contributed by atoms with Gasteiger partial charge in [-0.25, -0.2) is 0 Å². The lowest BCUT2D eigenvalue weighted by atomic mass is 9.62. The van der Waals surface area contributed by atoms with Gasteiger partial charge in [0.15, 0.2) is 5.78 Å². The van der Waals surface area contributed by atoms with Crippen molar-refractivity contribution in [3.05, 3.63) is 75.5 Å². The normalized spacial score (nSPS) is 20.3. The van der Waals surface area contributed by atoms with Crippen LogP contribution in [0.25, 0.3) is 5.57 Å². The van der Waals surface area contributed by atoms with Crippen molar-refractivity contribution in [2.45, 2.75) is 77.6 Å². The molecule has 0 unspecified atom stereocenters. The molecule has 4 nitrogen and oxygen atoms in total. The maximum absolute atomic E-state index is 12.3. The molecule has 0 amide bonds. The summed E-state index contributed by atoms with van der Waals surface area (Å²) in [6, 6.07) is 11.8. The van der Waals surface area contributed by atoms with Crippen molar-refractivity contribution in [3.63, 3.8) is 0 Å². The fraction of sp³-hybridized carbons (Fsp3) is 0.429. The summed E-state index contributed by atoms with van der Waals surface area (Å²) in [6.45, 7) is 11.2. The van der Waals surface area contributed by atoms with E-state index >= 15 is 0 Å². The Morgan fingerprint density at radius 2 is 1.53 bits per heavy atom. The Bertz CT molecular complexity index is 1130. The van der Waals surface area contributed by atoms with E-state index in [2.05, 4.69) is 51.9 Å². The van der Waals surface area contributed by atoms with Crippen LogP contribution in [0.15, 0.2) is 47.3 Å². The van der Waals surface area contributed by atoms with Crippen molar-refractivity contribution in [2.24, 2.45) is 5.16 Å². The summed E-state index contributed by atoms with van der Waals surface area (Å²) in [5.74, 6) is 0.147. The third kappa shape index (κ3) is 3.76. The van der Waals surface area contributed by atoms with E-state index in [0.717, 1.165) is 29.5 Å². The van der Waals surface area contributed by atoms with Crippen LogP contribution in [-0.2, 0) is 15.6 Å². The molecule has 168 valence electrons. The summed E-state index contributed by atoms with van der Waals surface area (Å²) in [5, 5.41) is 23.9. The molecule has 0 saturated carbocycles. The second-order valence-corrected chi connectivity index (χ2v) is 10.6. The van der Waals surface area contributed by atoms with Crippen LogP contribution in [0.3, 0.4) is 0 Å². The number of allylic oxidation sites excluding steroid dienone is 2. The lowest BCUT2D eigenvalue weighted by Gasteiger charge is -2.42. The predicted molar refractivity (Wildman–Crippen MR) is 129 cm³/mol. The quantitative estimate of drug-likeness (QED) is 0.327. The van der Waals surface area contributed by atoms with E-state index in [9.17, 15) is 15.1 Å². The third-order valence-electron chi connectivity index (χ3n) is 7.38. The molecular weight excluding hydrogens is 398 g/mol. The molecule has 2 N–H and O–H groups in total. The van der Waals surface area contributed by atoms with E-state index in [1.54, 1.807) is 0 Å². The van der Waals surface area contributed by atoms with Gasteiger partial charge in [0.1, 0.15) is 11.5 Å². The molecule has 2 aromatic carbocycles. The zero-order chi connectivity index (χ0) is 23.3. The zero-order valence-electron chi connectivity index (χ0n) is 19.7. The number of benzene rings is 2. The maximum Gasteiger partial charge on any atom is 0.166 e. The van der Waals surface area contributed by atoms with Crippen LogP contribution in [0.2, 0.25) is 0 Å². The van der Waals surface area contributed by atoms with E-state index in [4.69, 9.17) is 0 Å². The summed E-state index contributed by atoms with van der Waals surface area (Å²) >= 11 is 0. The molecule has 0 atom stereocenters. The Morgan fingerprint density at radius 3 is 2.09 bits per heavy atom. The highest BCUT2D eigenvalue weighted by atomic mass is 16.4. The van der Waals surface area contributed by atoms with E-state index in [0.29, 0.717) is 36.1 Å². The van der Waals surface area contributed by atoms with Gasteiger partial charge in [-0.1, -0.05) is 63.2 Å². The molecule has 0 spiro atoms. The number of fused-ring (bicyclic) bond motifs is 1. The van der Waals surface area contributed by atoms with Gasteiger partial charge < -0.3 is 10.3 Å². The molecule has 0 fully saturated rings. The monoisotopic (exact) mass is 431 g/mol. The minimum absolute atomic E-state index is 0.0204. The van der Waals surface area contributed by atoms with Gasteiger partial charge in [0.05, 0.1) is 5.57 Å². The molecule has 2 aliphatic rings. The van der Waals surface area contributed by atoms with Crippen LogP contribution in [0.1, 0.15) is 93.2 Å². The first kappa shape index (κ1) is 22.3. The number of oxime groups is 1. The molecular formula is C28H33NO3. The largest absolute Gasteiger partial charge is 0.512 e. The summed E-state index contributed by atoms with van der Waals surface area (Å²) in [4.78, 5) is 12.3. The SMILES string of the molecule is Cc1cc2c(cc1/C(=N\O)c1ccc(C3=C(O)CCCC3=O)cc1)C(C)(C)CCC2(C)C. The van der Waals surface area contributed by atoms with Gasteiger partial charge in [-0.3, -0.25) is 4.79 Å². The second-order valence-electron chi connectivity index (χ2n) is 10.6. The highest BCUT2D eigenvalue weighted by Crippen LogP contribution is 2.46. The lowest BCUT2D eigenvalue weighted by molar-refractivity contribution is -0.114. The number of hydrogen-bond acceptors (Lipinski definition) is 4. The Morgan fingerprint density at radius 1 is 0.938 bits per heavy atom. The third-order valence-corrected chi connectivity index (χ3v) is 7.38. The summed E-state index contributed by atoms with van der Waals surface area (Å²) < 4.78 is 0. The minimum Gasteiger partial charge on any atom is -0.512 e. The van der Waals surface area contributed by atoms with Crippen molar-refractivity contribution in [1.29, 1.82) is 0 Å². The predicted octanol–water partition coefficient (Wildman–Crippen LogP) is 6.59. The standard InChI is InChI=1S/C28H33NO3/c1-17-15-21-22(28(4,5)14-13-27(21,2)3)16-20(17)26(29-32)19-11-9-18(10-12-19)25-23(30)7-6-8-24(25)31/h9-12,15-16,30,32H,6-8,13-14H2,1-5H3/b29-26-. The molecule has 0 bridgehead atoms. The molecule has 0 heterocycles. The molecule has 0 aliphatic heterocycles. The van der Waals surface area contributed by atoms with Crippen LogP contribution < -0.4 is 0 Å². The van der Waals surface area contributed by atoms with Crippen LogP contribution in [0.4, 0.5) is 0 Å². The Balaban J connectivity index is 1.77. The molecule has 0 aromatic heterocycles. The second kappa shape index (κ2) is 7.91. The first-order chi connectivity index (χ1) is 15.0. The fourth-order valence-corrected chi connectivity index (χ4v) is 5.19. The van der Waals surface area contributed by atoms with Gasteiger partial charge in [0.2, 0.25) is 0 Å². The van der Waals surface area contributed by atoms with Gasteiger partial charge in [0, 0.05) is 24.0 Å². The Kier molecular flexibility index (Phi) is 5.52. The van der Waals surface area contributed by atoms with Crippen molar-refractivity contribution in [1.82, 2.24) is 0 Å². The number of aryl methyl sites for hydroxylation is 1. The Labute approximate surface area is 190 Å².